The fourth-order valence-electron chi connectivity index (χ4n) is 7.40. The Hall–Kier alpha value is -4.62. The first kappa shape index (κ1) is 37.7. The van der Waals surface area contributed by atoms with E-state index in [4.69, 9.17) is 24.7 Å². The highest BCUT2D eigenvalue weighted by Gasteiger charge is 2.41. The van der Waals surface area contributed by atoms with Crippen molar-refractivity contribution in [2.24, 2.45) is 0 Å². The molecule has 1 spiro atoms. The molecule has 4 aromatic carbocycles. The number of benzene rings is 4. The summed E-state index contributed by atoms with van der Waals surface area (Å²) in [6.07, 6.45) is 2.62. The van der Waals surface area contributed by atoms with E-state index in [1.54, 1.807) is 12.1 Å². The van der Waals surface area contributed by atoms with Gasteiger partial charge >= 0.3 is 0 Å². The molecule has 5 N–H and O–H groups in total. The van der Waals surface area contributed by atoms with Crippen LogP contribution in [0.1, 0.15) is 73.2 Å². The number of hydrogen-bond donors (Lipinski definition) is 4. The number of aliphatic hydroxyl groups excluding tert-OH is 1. The number of aliphatic hydroxyl groups is 1. The summed E-state index contributed by atoms with van der Waals surface area (Å²) in [7, 11) is 0. The minimum absolute atomic E-state index is 0.00191. The Morgan fingerprint density at radius 1 is 0.796 bits per heavy atom. The fraction of sp³-hybridized carbons (Fsp3) is 0.395. The molecule has 0 unspecified atom stereocenters. The highest BCUT2D eigenvalue weighted by molar-refractivity contribution is 5.94. The molecule has 11 nitrogen and oxygen atoms in total. The van der Waals surface area contributed by atoms with Crippen molar-refractivity contribution in [3.05, 3.63) is 119 Å². The molecule has 0 bridgehead atoms. The SMILES string of the molecule is Nc1ccccc1NC(=O)CCCC(=O)NCc1cccc(-c2ccc([C@@H]3O[C@H](CN4CCC5(CC4)OCCO5)C[C@H](c4ccc(CO)cc4)O3)cc2)c1. The third kappa shape index (κ3) is 9.72. The van der Waals surface area contributed by atoms with E-state index in [9.17, 15) is 14.7 Å². The van der Waals surface area contributed by atoms with Crippen molar-refractivity contribution >= 4 is 23.2 Å². The van der Waals surface area contributed by atoms with Crippen LogP contribution in [0.3, 0.4) is 0 Å². The predicted octanol–water partition coefficient (Wildman–Crippen LogP) is 6.24. The molecule has 0 saturated carbocycles. The summed E-state index contributed by atoms with van der Waals surface area (Å²) in [6, 6.07) is 31.5. The first-order valence-corrected chi connectivity index (χ1v) is 19.0. The topological polar surface area (TPSA) is 145 Å². The molecule has 11 heteroatoms. The standard InChI is InChI=1S/C43H50N4O7/c44-37-7-1-2-8-38(37)46-41(50)10-4-9-40(49)45-27-31-5-3-6-35(25-31)32-15-17-34(18-16-32)42-53-36(26-39(54-42)33-13-11-30(29-48)12-14-33)28-47-21-19-43(20-22-47)51-23-24-52-43/h1-3,5-8,11-18,25,36,39,42,48H,4,9-10,19-24,26-29,44H2,(H,45,49)(H,46,50)/t36-,39+,42+/m0/s1. The summed E-state index contributed by atoms with van der Waals surface area (Å²) in [5.74, 6) is -0.691. The summed E-state index contributed by atoms with van der Waals surface area (Å²) in [4.78, 5) is 27.3. The number of carbonyl (C=O) groups is 2. The average Bonchev–Trinajstić information content (AvgIpc) is 3.67. The van der Waals surface area contributed by atoms with Crippen LogP contribution in [0.2, 0.25) is 0 Å². The summed E-state index contributed by atoms with van der Waals surface area (Å²) in [5.41, 5.74) is 12.9. The first-order chi connectivity index (χ1) is 26.3. The molecule has 3 fully saturated rings. The van der Waals surface area contributed by atoms with Gasteiger partial charge in [0, 0.05) is 63.8 Å². The number of amides is 2. The molecule has 3 aliphatic rings. The number of carbonyl (C=O) groups excluding carboxylic acids is 2. The number of nitrogen functional groups attached to an aromatic ring is 1. The van der Waals surface area contributed by atoms with Gasteiger partial charge in [-0.15, -0.1) is 0 Å². The Bertz CT molecular complexity index is 1850. The van der Waals surface area contributed by atoms with E-state index in [1.807, 2.05) is 48.5 Å². The van der Waals surface area contributed by atoms with Gasteiger partial charge in [0.2, 0.25) is 11.8 Å². The summed E-state index contributed by atoms with van der Waals surface area (Å²) in [6.45, 7) is 4.30. The number of rotatable bonds is 13. The van der Waals surface area contributed by atoms with Gasteiger partial charge in [0.05, 0.1) is 43.4 Å². The lowest BCUT2D eigenvalue weighted by atomic mass is 9.98. The van der Waals surface area contributed by atoms with Crippen molar-refractivity contribution < 1.29 is 33.6 Å². The van der Waals surface area contributed by atoms with Gasteiger partial charge in [-0.1, -0.05) is 78.9 Å². The Morgan fingerprint density at radius 2 is 1.52 bits per heavy atom. The third-order valence-corrected chi connectivity index (χ3v) is 10.5. The number of nitrogens with zero attached hydrogens (tertiary/aromatic N) is 1. The molecule has 0 aliphatic carbocycles. The molecule has 284 valence electrons. The van der Waals surface area contributed by atoms with E-state index in [0.717, 1.165) is 72.3 Å². The van der Waals surface area contributed by atoms with E-state index in [0.29, 0.717) is 37.6 Å². The number of para-hydroxylation sites is 2. The van der Waals surface area contributed by atoms with Gasteiger partial charge in [0.1, 0.15) is 0 Å². The van der Waals surface area contributed by atoms with Crippen molar-refractivity contribution in [2.45, 2.75) is 76.0 Å². The zero-order valence-electron chi connectivity index (χ0n) is 30.6. The van der Waals surface area contributed by atoms with Crippen LogP contribution in [0.5, 0.6) is 0 Å². The molecule has 3 atom stereocenters. The predicted molar refractivity (Wildman–Crippen MR) is 206 cm³/mol. The van der Waals surface area contributed by atoms with Crippen molar-refractivity contribution in [2.75, 3.05) is 43.9 Å². The van der Waals surface area contributed by atoms with Crippen LogP contribution in [0.15, 0.2) is 97.1 Å². The lowest BCUT2D eigenvalue weighted by Crippen LogP contribution is -2.48. The van der Waals surface area contributed by atoms with Crippen LogP contribution < -0.4 is 16.4 Å². The van der Waals surface area contributed by atoms with Gasteiger partial charge in [-0.3, -0.25) is 9.59 Å². The molecule has 0 radical (unpaired) electrons. The maximum atomic E-state index is 12.6. The number of nitrogens with two attached hydrogens (primary N) is 1. The molecule has 54 heavy (non-hydrogen) atoms. The highest BCUT2D eigenvalue weighted by Crippen LogP contribution is 2.39. The van der Waals surface area contributed by atoms with Gasteiger partial charge in [0.15, 0.2) is 12.1 Å². The Morgan fingerprint density at radius 3 is 2.26 bits per heavy atom. The second kappa shape index (κ2) is 17.7. The largest absolute Gasteiger partial charge is 0.397 e. The summed E-state index contributed by atoms with van der Waals surface area (Å²) in [5, 5.41) is 15.4. The number of hydrogen-bond acceptors (Lipinski definition) is 9. The maximum absolute atomic E-state index is 12.6. The van der Waals surface area contributed by atoms with Crippen LogP contribution in [0, 0.1) is 0 Å². The third-order valence-electron chi connectivity index (χ3n) is 10.5. The second-order valence-corrected chi connectivity index (χ2v) is 14.3. The molecule has 7 rings (SSSR count). The Kier molecular flexibility index (Phi) is 12.3. The molecule has 3 heterocycles. The normalized spacial score (nSPS) is 21.2. The first-order valence-electron chi connectivity index (χ1n) is 19.0. The van der Waals surface area contributed by atoms with Gasteiger partial charge in [-0.25, -0.2) is 0 Å². The van der Waals surface area contributed by atoms with E-state index in [1.165, 1.54) is 0 Å². The van der Waals surface area contributed by atoms with Crippen molar-refractivity contribution in [3.8, 4) is 11.1 Å². The molecule has 0 aromatic heterocycles. The molecular weight excluding hydrogens is 684 g/mol. The van der Waals surface area contributed by atoms with Gasteiger partial charge in [-0.05, 0) is 52.4 Å². The number of ether oxygens (including phenoxy) is 4. The molecular formula is C43H50N4O7. The maximum Gasteiger partial charge on any atom is 0.224 e. The number of likely N-dealkylation sites (tertiary alicyclic amines) is 1. The number of nitrogens with one attached hydrogen (secondary N) is 2. The lowest BCUT2D eigenvalue weighted by Gasteiger charge is -2.41. The Balaban J connectivity index is 0.941. The highest BCUT2D eigenvalue weighted by atomic mass is 16.7. The van der Waals surface area contributed by atoms with Crippen molar-refractivity contribution in [1.82, 2.24) is 10.2 Å². The number of anilines is 2. The second-order valence-electron chi connectivity index (χ2n) is 14.3. The van der Waals surface area contributed by atoms with Crippen LogP contribution >= 0.6 is 0 Å². The Labute approximate surface area is 316 Å². The van der Waals surface area contributed by atoms with E-state index in [-0.39, 0.29) is 43.5 Å². The summed E-state index contributed by atoms with van der Waals surface area (Å²) >= 11 is 0. The quantitative estimate of drug-likeness (QED) is 0.117. The lowest BCUT2D eigenvalue weighted by molar-refractivity contribution is -0.255. The minimum Gasteiger partial charge on any atom is -0.397 e. The van der Waals surface area contributed by atoms with Gasteiger partial charge in [-0.2, -0.15) is 0 Å². The zero-order valence-corrected chi connectivity index (χ0v) is 30.6. The molecule has 2 amide bonds. The smallest absolute Gasteiger partial charge is 0.224 e. The van der Waals surface area contributed by atoms with Crippen LogP contribution in [0.25, 0.3) is 11.1 Å². The van der Waals surface area contributed by atoms with E-state index >= 15 is 0 Å². The van der Waals surface area contributed by atoms with Gasteiger partial charge < -0.3 is 45.3 Å². The molecule has 3 saturated heterocycles. The van der Waals surface area contributed by atoms with Crippen LogP contribution in [0.4, 0.5) is 11.4 Å². The monoisotopic (exact) mass is 734 g/mol. The molecule has 3 aliphatic heterocycles. The van der Waals surface area contributed by atoms with Crippen LogP contribution in [-0.4, -0.2) is 66.6 Å². The van der Waals surface area contributed by atoms with Crippen molar-refractivity contribution in [1.29, 1.82) is 0 Å². The van der Waals surface area contributed by atoms with Crippen molar-refractivity contribution in [3.63, 3.8) is 0 Å². The number of piperidine rings is 1. The fourth-order valence-corrected chi connectivity index (χ4v) is 7.40. The van der Waals surface area contributed by atoms with Gasteiger partial charge in [0.25, 0.3) is 0 Å². The van der Waals surface area contributed by atoms with Crippen LogP contribution in [-0.2, 0) is 41.7 Å². The minimum atomic E-state index is -0.540. The molecule has 4 aromatic rings. The summed E-state index contributed by atoms with van der Waals surface area (Å²) < 4.78 is 25.1. The van der Waals surface area contributed by atoms with E-state index in [2.05, 4.69) is 51.9 Å². The average molecular weight is 735 g/mol. The zero-order chi connectivity index (χ0) is 37.3. The van der Waals surface area contributed by atoms with E-state index < -0.39 is 12.1 Å².